The molecule has 0 unspecified atom stereocenters. The van der Waals surface area contributed by atoms with Crippen LogP contribution >= 0.6 is 23.1 Å². The molecule has 2 heterocycles. The van der Waals surface area contributed by atoms with Gasteiger partial charge in [-0.1, -0.05) is 62.0 Å². The Morgan fingerprint density at radius 2 is 1.92 bits per heavy atom. The molecule has 2 aromatic carbocycles. The second-order valence-electron chi connectivity index (χ2n) is 8.25. The fraction of sp³-hybridized carbons (Fsp3) is 0.208. The zero-order chi connectivity index (χ0) is 26.4. The predicted molar refractivity (Wildman–Crippen MR) is 141 cm³/mol. The molecule has 2 amide bonds. The highest BCUT2D eigenvalue weighted by Crippen LogP contribution is 2.26. The van der Waals surface area contributed by atoms with Gasteiger partial charge in [-0.25, -0.2) is 9.97 Å². The molecule has 0 saturated carbocycles. The number of rotatable bonds is 10. The smallest absolute Gasteiger partial charge is 0.270 e. The van der Waals surface area contributed by atoms with Crippen LogP contribution in [-0.2, 0) is 4.79 Å². The first kappa shape index (κ1) is 26.0. The summed E-state index contributed by atoms with van der Waals surface area (Å²) in [4.78, 5) is 44.5. The molecule has 11 nitrogen and oxygen atoms in total. The van der Waals surface area contributed by atoms with Crippen molar-refractivity contribution < 1.29 is 14.5 Å². The fourth-order valence-corrected chi connectivity index (χ4v) is 4.70. The highest BCUT2D eigenvalue weighted by atomic mass is 32.2. The monoisotopic (exact) mass is 537 g/mol. The number of thioether (sulfide) groups is 1. The lowest BCUT2D eigenvalue weighted by molar-refractivity contribution is -0.384. The molecule has 0 aliphatic rings. The zero-order valence-electron chi connectivity index (χ0n) is 19.9. The van der Waals surface area contributed by atoms with E-state index in [-0.39, 0.29) is 28.8 Å². The molecule has 0 radical (unpaired) electrons. The molecule has 2 aromatic heterocycles. The minimum atomic E-state index is -0.552. The molecule has 3 N–H and O–H groups in total. The van der Waals surface area contributed by atoms with Gasteiger partial charge in [-0.3, -0.25) is 24.8 Å². The number of nitrogens with one attached hydrogen (secondary N) is 3. The Bertz CT molecular complexity index is 1400. The van der Waals surface area contributed by atoms with Crippen molar-refractivity contribution in [3.8, 4) is 11.3 Å². The summed E-state index contributed by atoms with van der Waals surface area (Å²) in [7, 11) is 0. The summed E-state index contributed by atoms with van der Waals surface area (Å²) >= 11 is 2.49. The molecule has 0 aliphatic carbocycles. The first-order valence-corrected chi connectivity index (χ1v) is 13.1. The third-order valence-electron chi connectivity index (χ3n) is 5.20. The van der Waals surface area contributed by atoms with E-state index in [4.69, 9.17) is 0 Å². The zero-order valence-corrected chi connectivity index (χ0v) is 21.5. The first-order valence-electron chi connectivity index (χ1n) is 11.2. The van der Waals surface area contributed by atoms with Gasteiger partial charge >= 0.3 is 0 Å². The number of nitrogens with zero attached hydrogens (tertiary/aromatic N) is 4. The number of hydrogen-bond donors (Lipinski definition) is 3. The number of hydrogen-bond acceptors (Lipinski definition) is 9. The van der Waals surface area contributed by atoms with E-state index < -0.39 is 16.9 Å². The second-order valence-corrected chi connectivity index (χ2v) is 10.0. The van der Waals surface area contributed by atoms with Crippen LogP contribution in [0.25, 0.3) is 11.3 Å². The molecule has 4 aromatic rings. The van der Waals surface area contributed by atoms with Crippen molar-refractivity contribution in [2.45, 2.75) is 25.0 Å². The second kappa shape index (κ2) is 11.8. The first-order chi connectivity index (χ1) is 17.8. The number of aromatic amines is 1. The molecular formula is C24H23N7O4S2. The van der Waals surface area contributed by atoms with Gasteiger partial charge in [0.25, 0.3) is 11.6 Å². The van der Waals surface area contributed by atoms with Gasteiger partial charge in [0.2, 0.25) is 11.1 Å². The summed E-state index contributed by atoms with van der Waals surface area (Å²) in [6.07, 6.45) is 0. The number of carbonyl (C=O) groups is 2. The number of non-ortho nitro benzene ring substituents is 1. The van der Waals surface area contributed by atoms with E-state index in [2.05, 4.69) is 30.8 Å². The van der Waals surface area contributed by atoms with E-state index in [0.717, 1.165) is 23.0 Å². The van der Waals surface area contributed by atoms with Gasteiger partial charge in [-0.15, -0.1) is 16.4 Å². The van der Waals surface area contributed by atoms with E-state index in [1.54, 1.807) is 0 Å². The fourth-order valence-electron chi connectivity index (χ4n) is 3.36. The normalized spacial score (nSPS) is 11.8. The van der Waals surface area contributed by atoms with Gasteiger partial charge in [0, 0.05) is 28.6 Å². The third kappa shape index (κ3) is 6.77. The SMILES string of the molecule is CC(C)[C@H](NC(=O)c1cccc([N+](=O)[O-])c1)c1nc(SCC(=O)Nc2nc(-c3ccccc3)cs2)n[nH]1. The lowest BCUT2D eigenvalue weighted by Gasteiger charge is -2.19. The Morgan fingerprint density at radius 1 is 1.14 bits per heavy atom. The van der Waals surface area contributed by atoms with E-state index in [1.807, 2.05) is 49.6 Å². The predicted octanol–water partition coefficient (Wildman–Crippen LogP) is 4.69. The summed E-state index contributed by atoms with van der Waals surface area (Å²) in [6, 6.07) is 14.7. The Balaban J connectivity index is 1.34. The maximum absolute atomic E-state index is 12.7. The Kier molecular flexibility index (Phi) is 8.25. The van der Waals surface area contributed by atoms with E-state index in [0.29, 0.717) is 16.1 Å². The summed E-state index contributed by atoms with van der Waals surface area (Å²) in [6.45, 7) is 3.80. The van der Waals surface area contributed by atoms with Crippen LogP contribution in [0.3, 0.4) is 0 Å². The molecule has 0 bridgehead atoms. The number of aromatic nitrogens is 4. The van der Waals surface area contributed by atoms with E-state index in [9.17, 15) is 19.7 Å². The lowest BCUT2D eigenvalue weighted by atomic mass is 10.0. The topological polar surface area (TPSA) is 156 Å². The van der Waals surface area contributed by atoms with Gasteiger partial charge in [-0.05, 0) is 12.0 Å². The number of nitro groups is 1. The minimum absolute atomic E-state index is 0.0551. The maximum Gasteiger partial charge on any atom is 0.270 e. The van der Waals surface area contributed by atoms with Gasteiger partial charge in [0.05, 0.1) is 22.4 Å². The molecule has 190 valence electrons. The highest BCUT2D eigenvalue weighted by molar-refractivity contribution is 7.99. The van der Waals surface area contributed by atoms with Crippen LogP contribution < -0.4 is 10.6 Å². The quantitative estimate of drug-likeness (QED) is 0.149. The third-order valence-corrected chi connectivity index (χ3v) is 6.81. The van der Waals surface area contributed by atoms with Crippen molar-refractivity contribution in [2.75, 3.05) is 11.1 Å². The molecule has 0 aliphatic heterocycles. The average molecular weight is 538 g/mol. The number of nitro benzene ring substituents is 1. The number of benzene rings is 2. The van der Waals surface area contributed by atoms with Crippen LogP contribution in [0, 0.1) is 16.0 Å². The van der Waals surface area contributed by atoms with E-state index in [1.165, 1.54) is 35.6 Å². The molecule has 0 fully saturated rings. The van der Waals surface area contributed by atoms with Crippen molar-refractivity contribution in [3.63, 3.8) is 0 Å². The lowest BCUT2D eigenvalue weighted by Crippen LogP contribution is -2.32. The van der Waals surface area contributed by atoms with Crippen LogP contribution in [0.2, 0.25) is 0 Å². The molecule has 0 saturated heterocycles. The van der Waals surface area contributed by atoms with Crippen LogP contribution in [0.4, 0.5) is 10.8 Å². The van der Waals surface area contributed by atoms with Crippen LogP contribution in [0.1, 0.15) is 36.1 Å². The van der Waals surface area contributed by atoms with Crippen molar-refractivity contribution >= 4 is 45.7 Å². The van der Waals surface area contributed by atoms with Crippen LogP contribution in [0.15, 0.2) is 65.1 Å². The van der Waals surface area contributed by atoms with Crippen LogP contribution in [-0.4, -0.2) is 42.7 Å². The number of carbonyl (C=O) groups excluding carboxylic acids is 2. The molecule has 37 heavy (non-hydrogen) atoms. The number of amides is 2. The Morgan fingerprint density at radius 3 is 2.65 bits per heavy atom. The number of H-pyrrole nitrogens is 1. The average Bonchev–Trinajstić information content (AvgIpc) is 3.56. The van der Waals surface area contributed by atoms with Crippen molar-refractivity contribution in [3.05, 3.63) is 81.5 Å². The van der Waals surface area contributed by atoms with E-state index >= 15 is 0 Å². The van der Waals surface area contributed by atoms with Crippen LogP contribution in [0.5, 0.6) is 0 Å². The van der Waals surface area contributed by atoms with Gasteiger partial charge in [0.15, 0.2) is 5.13 Å². The number of thiazole rings is 1. The molecule has 13 heteroatoms. The summed E-state index contributed by atoms with van der Waals surface area (Å²) in [5.74, 6) is -0.274. The largest absolute Gasteiger partial charge is 0.342 e. The molecule has 0 spiro atoms. The number of anilines is 1. The summed E-state index contributed by atoms with van der Waals surface area (Å²) < 4.78 is 0. The van der Waals surface area contributed by atoms with Gasteiger partial charge in [0.1, 0.15) is 5.82 Å². The molecular weight excluding hydrogens is 514 g/mol. The van der Waals surface area contributed by atoms with Crippen molar-refractivity contribution in [1.82, 2.24) is 25.5 Å². The Labute approximate surface area is 220 Å². The van der Waals surface area contributed by atoms with Gasteiger partial charge in [-0.2, -0.15) is 0 Å². The molecule has 1 atom stereocenters. The van der Waals surface area contributed by atoms with Crippen molar-refractivity contribution in [2.24, 2.45) is 5.92 Å². The summed E-state index contributed by atoms with van der Waals surface area (Å²) in [5, 5.41) is 26.4. The maximum atomic E-state index is 12.7. The van der Waals surface area contributed by atoms with Gasteiger partial charge < -0.3 is 10.6 Å². The minimum Gasteiger partial charge on any atom is -0.342 e. The van der Waals surface area contributed by atoms with Crippen molar-refractivity contribution in [1.29, 1.82) is 0 Å². The standard InChI is InChI=1S/C24H23N7O4S2/c1-14(2)20(27-22(33)16-9-6-10-17(11-16)31(34)35)21-28-24(30-29-21)37-13-19(32)26-23-25-18(12-36-23)15-7-4-3-5-8-15/h3-12,14,20H,13H2,1-2H3,(H,27,33)(H,25,26,32)(H,28,29,30)/t20-/m0/s1. The summed E-state index contributed by atoms with van der Waals surface area (Å²) in [5.41, 5.74) is 1.76. The molecule has 4 rings (SSSR count). The highest BCUT2D eigenvalue weighted by Gasteiger charge is 2.24. The Hall–Kier alpha value is -4.10.